The summed E-state index contributed by atoms with van der Waals surface area (Å²) >= 11 is 0. The lowest BCUT2D eigenvalue weighted by atomic mass is 9.77. The number of aliphatic hydroxyl groups is 1. The lowest BCUT2D eigenvalue weighted by molar-refractivity contribution is -0.156. The Morgan fingerprint density at radius 1 is 1.11 bits per heavy atom. The highest BCUT2D eigenvalue weighted by Crippen LogP contribution is 2.53. The van der Waals surface area contributed by atoms with Gasteiger partial charge in [0.1, 0.15) is 17.6 Å². The van der Waals surface area contributed by atoms with Crippen molar-refractivity contribution in [1.29, 1.82) is 0 Å². The quantitative estimate of drug-likeness (QED) is 0.329. The second kappa shape index (κ2) is 10.8. The van der Waals surface area contributed by atoms with Gasteiger partial charge in [-0.1, -0.05) is 74.4 Å². The maximum absolute atomic E-state index is 14.3. The number of fused-ring (bicyclic) bond motifs is 2. The summed E-state index contributed by atoms with van der Waals surface area (Å²) in [6.07, 6.45) is 10.7. The molecule has 37 heavy (non-hydrogen) atoms. The lowest BCUT2D eigenvalue weighted by Gasteiger charge is -2.38. The first-order valence-corrected chi connectivity index (χ1v) is 13.5. The van der Waals surface area contributed by atoms with Crippen molar-refractivity contribution in [2.24, 2.45) is 11.8 Å². The van der Waals surface area contributed by atoms with Gasteiger partial charge in [0.15, 0.2) is 0 Å². The number of cyclic esters (lactones) is 1. The molecule has 2 saturated heterocycles. The van der Waals surface area contributed by atoms with Crippen molar-refractivity contribution >= 4 is 17.8 Å². The summed E-state index contributed by atoms with van der Waals surface area (Å²) in [5, 5.41) is 10.5. The SMILES string of the molecule is CCCCCN1CC=C[C@]23O[C@H]4C=CCCOC(=O)[C@H]4[C@H]2C(=O)N([C@@H](CO)Cc2ccccc2)C3C1=O. The number of hydrogen-bond donors (Lipinski definition) is 1. The molecular weight excluding hydrogens is 472 g/mol. The molecule has 8 heteroatoms. The number of esters is 1. The molecule has 0 radical (unpaired) electrons. The third-order valence-electron chi connectivity index (χ3n) is 8.09. The molecule has 4 aliphatic rings. The number of carbonyl (C=O) groups is 3. The highest BCUT2D eigenvalue weighted by atomic mass is 16.6. The summed E-state index contributed by atoms with van der Waals surface area (Å²) in [5.74, 6) is -2.77. The molecule has 0 aromatic heterocycles. The summed E-state index contributed by atoms with van der Waals surface area (Å²) in [6.45, 7) is 3.03. The van der Waals surface area contributed by atoms with E-state index < -0.39 is 41.6 Å². The molecule has 2 amide bonds. The van der Waals surface area contributed by atoms with Gasteiger partial charge in [-0.3, -0.25) is 14.4 Å². The van der Waals surface area contributed by atoms with Crippen LogP contribution >= 0.6 is 0 Å². The second-order valence-electron chi connectivity index (χ2n) is 10.4. The minimum Gasteiger partial charge on any atom is -0.465 e. The largest absolute Gasteiger partial charge is 0.465 e. The van der Waals surface area contributed by atoms with E-state index in [0.717, 1.165) is 24.8 Å². The van der Waals surface area contributed by atoms with Crippen LogP contribution in [0.5, 0.6) is 0 Å². The predicted molar refractivity (Wildman–Crippen MR) is 136 cm³/mol. The van der Waals surface area contributed by atoms with E-state index >= 15 is 0 Å². The van der Waals surface area contributed by atoms with Crippen molar-refractivity contribution < 1.29 is 29.0 Å². The van der Waals surface area contributed by atoms with Crippen LogP contribution in [0.4, 0.5) is 0 Å². The first-order valence-electron chi connectivity index (χ1n) is 13.5. The van der Waals surface area contributed by atoms with Crippen LogP contribution in [-0.2, 0) is 30.3 Å². The van der Waals surface area contributed by atoms with Gasteiger partial charge in [0.05, 0.1) is 31.3 Å². The Hall–Kier alpha value is -2.97. The van der Waals surface area contributed by atoms with Crippen molar-refractivity contribution in [1.82, 2.24) is 9.80 Å². The molecule has 8 nitrogen and oxygen atoms in total. The number of carbonyl (C=O) groups excluding carboxylic acids is 3. The van der Waals surface area contributed by atoms with Crippen molar-refractivity contribution in [3.05, 3.63) is 60.2 Å². The molecular formula is C29H36N2O6. The van der Waals surface area contributed by atoms with Crippen LogP contribution in [0, 0.1) is 11.8 Å². The average molecular weight is 509 g/mol. The van der Waals surface area contributed by atoms with Crippen LogP contribution in [0.15, 0.2) is 54.6 Å². The zero-order valence-corrected chi connectivity index (χ0v) is 21.3. The molecule has 1 N–H and O–H groups in total. The van der Waals surface area contributed by atoms with Gasteiger partial charge < -0.3 is 24.4 Å². The van der Waals surface area contributed by atoms with Crippen LogP contribution in [0.1, 0.15) is 38.2 Å². The number of ether oxygens (including phenoxy) is 2. The molecule has 1 aromatic carbocycles. The van der Waals surface area contributed by atoms with E-state index in [4.69, 9.17) is 9.47 Å². The molecule has 2 fully saturated rings. The van der Waals surface area contributed by atoms with E-state index in [1.54, 1.807) is 4.90 Å². The summed E-state index contributed by atoms with van der Waals surface area (Å²) in [7, 11) is 0. The summed E-state index contributed by atoms with van der Waals surface area (Å²) in [6, 6.07) is 7.99. The maximum Gasteiger partial charge on any atom is 0.312 e. The van der Waals surface area contributed by atoms with Crippen LogP contribution in [0.3, 0.4) is 0 Å². The first-order chi connectivity index (χ1) is 18.0. The normalized spacial score (nSPS) is 31.8. The molecule has 4 aliphatic heterocycles. The van der Waals surface area contributed by atoms with Crippen molar-refractivity contribution in [2.45, 2.75) is 62.8 Å². The highest BCUT2D eigenvalue weighted by Gasteiger charge is 2.72. The second-order valence-corrected chi connectivity index (χ2v) is 10.4. The topological polar surface area (TPSA) is 96.4 Å². The fourth-order valence-corrected chi connectivity index (χ4v) is 6.38. The van der Waals surface area contributed by atoms with Gasteiger partial charge in [-0.25, -0.2) is 0 Å². The van der Waals surface area contributed by atoms with E-state index in [1.807, 2.05) is 54.6 Å². The van der Waals surface area contributed by atoms with Gasteiger partial charge in [0.2, 0.25) is 11.8 Å². The van der Waals surface area contributed by atoms with Gasteiger partial charge in [-0.2, -0.15) is 0 Å². The molecule has 1 aromatic rings. The molecule has 1 spiro atoms. The third-order valence-corrected chi connectivity index (χ3v) is 8.09. The Morgan fingerprint density at radius 3 is 2.68 bits per heavy atom. The van der Waals surface area contributed by atoms with Gasteiger partial charge in [-0.15, -0.1) is 0 Å². The first kappa shape index (κ1) is 25.7. The minimum atomic E-state index is -1.30. The standard InChI is InChI=1S/C29H36N2O6/c1-2-3-8-15-30-16-10-14-29-24(23-22(37-29)13-7-9-17-36-28(23)35)26(33)31(25(29)27(30)34)21(19-32)18-20-11-5-4-6-12-20/h4-7,10-14,21-25,32H,2-3,8-9,15-19H2,1H3/t21-,22+,23-,24+,25?,29+/m1/s1. The molecule has 4 heterocycles. The third kappa shape index (κ3) is 4.50. The molecule has 0 aliphatic carbocycles. The van der Waals surface area contributed by atoms with Crippen LogP contribution in [0.2, 0.25) is 0 Å². The van der Waals surface area contributed by atoms with Crippen LogP contribution in [0.25, 0.3) is 0 Å². The summed E-state index contributed by atoms with van der Waals surface area (Å²) in [5.41, 5.74) is -0.357. The Labute approximate surface area is 217 Å². The lowest BCUT2D eigenvalue weighted by Crippen LogP contribution is -2.58. The fraction of sp³-hybridized carbons (Fsp3) is 0.552. The Morgan fingerprint density at radius 2 is 1.92 bits per heavy atom. The van der Waals surface area contributed by atoms with Crippen molar-refractivity contribution in [3.8, 4) is 0 Å². The predicted octanol–water partition coefficient (Wildman–Crippen LogP) is 2.26. The smallest absolute Gasteiger partial charge is 0.312 e. The van der Waals surface area contributed by atoms with E-state index in [-0.39, 0.29) is 25.0 Å². The summed E-state index contributed by atoms with van der Waals surface area (Å²) in [4.78, 5) is 44.9. The number of hydrogen-bond acceptors (Lipinski definition) is 6. The van der Waals surface area contributed by atoms with E-state index in [0.29, 0.717) is 25.9 Å². The molecule has 0 saturated carbocycles. The zero-order valence-electron chi connectivity index (χ0n) is 21.3. The molecule has 0 bridgehead atoms. The number of likely N-dealkylation sites (tertiary alicyclic amines) is 1. The average Bonchev–Trinajstić information content (AvgIpc) is 3.28. The van der Waals surface area contributed by atoms with E-state index in [9.17, 15) is 19.5 Å². The highest BCUT2D eigenvalue weighted by molar-refractivity contribution is 5.99. The number of rotatable bonds is 8. The molecule has 6 atom stereocenters. The molecule has 1 unspecified atom stereocenters. The van der Waals surface area contributed by atoms with Crippen molar-refractivity contribution in [3.63, 3.8) is 0 Å². The Balaban J connectivity index is 1.57. The van der Waals surface area contributed by atoms with E-state index in [1.165, 1.54) is 4.90 Å². The number of benzene rings is 1. The molecule has 5 rings (SSSR count). The van der Waals surface area contributed by atoms with Crippen LogP contribution in [-0.4, -0.2) is 82.8 Å². The Kier molecular flexibility index (Phi) is 7.49. The van der Waals surface area contributed by atoms with Crippen LogP contribution < -0.4 is 0 Å². The van der Waals surface area contributed by atoms with Gasteiger partial charge >= 0.3 is 5.97 Å². The van der Waals surface area contributed by atoms with Crippen molar-refractivity contribution in [2.75, 3.05) is 26.3 Å². The number of nitrogens with zero attached hydrogens (tertiary/aromatic N) is 2. The van der Waals surface area contributed by atoms with Gasteiger partial charge in [0, 0.05) is 13.1 Å². The number of unbranched alkanes of at least 4 members (excludes halogenated alkanes) is 2. The Bertz CT molecular complexity index is 1070. The summed E-state index contributed by atoms with van der Waals surface area (Å²) < 4.78 is 12.1. The monoisotopic (exact) mass is 508 g/mol. The van der Waals surface area contributed by atoms with Gasteiger partial charge in [0.25, 0.3) is 0 Å². The minimum absolute atomic E-state index is 0.199. The van der Waals surface area contributed by atoms with Gasteiger partial charge in [-0.05, 0) is 24.8 Å². The zero-order chi connectivity index (χ0) is 26.0. The van der Waals surface area contributed by atoms with E-state index in [2.05, 4.69) is 6.92 Å². The maximum atomic E-state index is 14.3. The number of aliphatic hydroxyl groups excluding tert-OH is 1. The fourth-order valence-electron chi connectivity index (χ4n) is 6.38. The number of amides is 2. The molecule has 198 valence electrons.